The Kier molecular flexibility index (Phi) is 7.76. The van der Waals surface area contributed by atoms with E-state index in [0.29, 0.717) is 13.2 Å². The van der Waals surface area contributed by atoms with Crippen molar-refractivity contribution < 1.29 is 9.47 Å². The molecule has 0 aliphatic heterocycles. The molecule has 108 valence electrons. The number of methoxy groups -OCH3 is 2. The van der Waals surface area contributed by atoms with Gasteiger partial charge in [0.2, 0.25) is 0 Å². The molecular weight excluding hydrogens is 330 g/mol. The van der Waals surface area contributed by atoms with Crippen molar-refractivity contribution in [2.75, 3.05) is 38.9 Å². The van der Waals surface area contributed by atoms with E-state index in [1.54, 1.807) is 14.2 Å². The smallest absolute Gasteiger partial charge is 0.0663 e. The highest BCUT2D eigenvalue weighted by Gasteiger charge is 2.19. The molecule has 1 atom stereocenters. The van der Waals surface area contributed by atoms with Gasteiger partial charge in [0.1, 0.15) is 0 Å². The Balaban J connectivity index is 3.08. The lowest BCUT2D eigenvalue weighted by Gasteiger charge is -2.33. The average Bonchev–Trinajstić information content (AvgIpc) is 2.40. The van der Waals surface area contributed by atoms with Crippen molar-refractivity contribution in [3.63, 3.8) is 0 Å². The van der Waals surface area contributed by atoms with Crippen LogP contribution in [-0.4, -0.2) is 40.0 Å². The molecule has 1 unspecified atom stereocenters. The van der Waals surface area contributed by atoms with Gasteiger partial charge in [-0.2, -0.15) is 0 Å². The van der Waals surface area contributed by atoms with Gasteiger partial charge in [-0.15, -0.1) is 0 Å². The van der Waals surface area contributed by atoms with Gasteiger partial charge in [-0.1, -0.05) is 39.7 Å². The van der Waals surface area contributed by atoms with E-state index in [4.69, 9.17) is 21.1 Å². The minimum absolute atomic E-state index is 0.234. The van der Waals surface area contributed by atoms with E-state index in [2.05, 4.69) is 33.8 Å². The fraction of sp³-hybridized carbons (Fsp3) is 0.571. The zero-order valence-electron chi connectivity index (χ0n) is 11.7. The highest BCUT2D eigenvalue weighted by molar-refractivity contribution is 9.08. The third-order valence-corrected chi connectivity index (χ3v) is 3.89. The molecule has 0 aliphatic carbocycles. The molecule has 1 rings (SSSR count). The van der Waals surface area contributed by atoms with Crippen molar-refractivity contribution in [3.8, 4) is 0 Å². The van der Waals surface area contributed by atoms with Crippen LogP contribution in [0.3, 0.4) is 0 Å². The van der Waals surface area contributed by atoms with Crippen LogP contribution in [0, 0.1) is 0 Å². The zero-order chi connectivity index (χ0) is 14.3. The summed E-state index contributed by atoms with van der Waals surface area (Å²) < 4.78 is 10.5. The predicted octanol–water partition coefficient (Wildman–Crippen LogP) is 3.72. The van der Waals surface area contributed by atoms with Crippen LogP contribution < -0.4 is 4.90 Å². The number of halogens is 2. The summed E-state index contributed by atoms with van der Waals surface area (Å²) >= 11 is 9.90. The largest absolute Gasteiger partial charge is 0.383 e. The molecule has 5 heteroatoms. The van der Waals surface area contributed by atoms with E-state index in [-0.39, 0.29) is 6.04 Å². The Hall–Kier alpha value is -0.290. The number of para-hydroxylation sites is 1. The van der Waals surface area contributed by atoms with Crippen molar-refractivity contribution >= 4 is 33.2 Å². The number of hydrogen-bond donors (Lipinski definition) is 0. The fourth-order valence-electron chi connectivity index (χ4n) is 2.06. The molecular formula is C14H21BrClNO2. The standard InChI is InChI=1S/C14H21BrClNO2/c1-11(10-19-3)17(7-8-18-2)14-12(9-15)5-4-6-13(14)16/h4-6,11H,7-10H2,1-3H3. The number of rotatable bonds is 8. The molecule has 0 bridgehead atoms. The second-order valence-corrected chi connectivity index (χ2v) is 5.34. The van der Waals surface area contributed by atoms with Gasteiger partial charge in [0.15, 0.2) is 0 Å². The lowest BCUT2D eigenvalue weighted by Crippen LogP contribution is -2.39. The summed E-state index contributed by atoms with van der Waals surface area (Å²) in [6.45, 7) is 4.21. The SMILES string of the molecule is COCCN(c1c(Cl)cccc1CBr)C(C)COC. The minimum Gasteiger partial charge on any atom is -0.383 e. The quantitative estimate of drug-likeness (QED) is 0.667. The molecule has 1 aromatic carbocycles. The Labute approximate surface area is 129 Å². The van der Waals surface area contributed by atoms with Crippen molar-refractivity contribution in [1.82, 2.24) is 0 Å². The van der Waals surface area contributed by atoms with Crippen molar-refractivity contribution in [3.05, 3.63) is 28.8 Å². The first-order valence-corrected chi connectivity index (χ1v) is 7.73. The van der Waals surface area contributed by atoms with Crippen LogP contribution in [0.5, 0.6) is 0 Å². The molecule has 0 amide bonds. The van der Waals surface area contributed by atoms with Crippen LogP contribution in [0.25, 0.3) is 0 Å². The molecule has 0 saturated heterocycles. The van der Waals surface area contributed by atoms with Crippen molar-refractivity contribution in [2.24, 2.45) is 0 Å². The third-order valence-electron chi connectivity index (χ3n) is 2.98. The van der Waals surface area contributed by atoms with Crippen LogP contribution in [0.4, 0.5) is 5.69 Å². The number of alkyl halides is 1. The van der Waals surface area contributed by atoms with Gasteiger partial charge in [-0.25, -0.2) is 0 Å². The number of anilines is 1. The molecule has 0 heterocycles. The zero-order valence-corrected chi connectivity index (χ0v) is 14.0. The topological polar surface area (TPSA) is 21.7 Å². The monoisotopic (exact) mass is 349 g/mol. The van der Waals surface area contributed by atoms with Gasteiger partial charge in [0.25, 0.3) is 0 Å². The van der Waals surface area contributed by atoms with Gasteiger partial charge in [-0.3, -0.25) is 0 Å². The van der Waals surface area contributed by atoms with E-state index in [1.807, 2.05) is 12.1 Å². The summed E-state index contributed by atoms with van der Waals surface area (Å²) in [5, 5.41) is 1.53. The summed E-state index contributed by atoms with van der Waals surface area (Å²) in [7, 11) is 3.42. The van der Waals surface area contributed by atoms with Gasteiger partial charge in [-0.05, 0) is 18.6 Å². The minimum atomic E-state index is 0.234. The van der Waals surface area contributed by atoms with Crippen LogP contribution in [0.2, 0.25) is 5.02 Å². The van der Waals surface area contributed by atoms with Gasteiger partial charge in [0, 0.05) is 32.1 Å². The van der Waals surface area contributed by atoms with Crippen LogP contribution >= 0.6 is 27.5 Å². The molecule has 0 spiro atoms. The molecule has 0 saturated carbocycles. The molecule has 3 nitrogen and oxygen atoms in total. The second kappa shape index (κ2) is 8.80. The van der Waals surface area contributed by atoms with E-state index >= 15 is 0 Å². The predicted molar refractivity (Wildman–Crippen MR) is 84.6 cm³/mol. The molecule has 19 heavy (non-hydrogen) atoms. The van der Waals surface area contributed by atoms with E-state index in [1.165, 1.54) is 5.56 Å². The molecule has 1 aromatic rings. The van der Waals surface area contributed by atoms with E-state index in [9.17, 15) is 0 Å². The number of hydrogen-bond acceptors (Lipinski definition) is 3. The number of nitrogens with zero attached hydrogens (tertiary/aromatic N) is 1. The maximum atomic E-state index is 6.38. The Morgan fingerprint density at radius 3 is 2.63 bits per heavy atom. The summed E-state index contributed by atoms with van der Waals surface area (Å²) in [5.41, 5.74) is 2.23. The van der Waals surface area contributed by atoms with Crippen LogP contribution in [0.1, 0.15) is 12.5 Å². The van der Waals surface area contributed by atoms with E-state index in [0.717, 1.165) is 22.6 Å². The Morgan fingerprint density at radius 1 is 1.32 bits per heavy atom. The number of ether oxygens (including phenoxy) is 2. The van der Waals surface area contributed by atoms with Gasteiger partial charge >= 0.3 is 0 Å². The lowest BCUT2D eigenvalue weighted by molar-refractivity contribution is 0.171. The van der Waals surface area contributed by atoms with Gasteiger partial charge in [0.05, 0.1) is 23.9 Å². The first-order chi connectivity index (χ1) is 9.15. The maximum Gasteiger partial charge on any atom is 0.0663 e. The Bertz CT molecular complexity index is 390. The van der Waals surface area contributed by atoms with Crippen molar-refractivity contribution in [1.29, 1.82) is 0 Å². The van der Waals surface area contributed by atoms with Crippen LogP contribution in [0.15, 0.2) is 18.2 Å². The molecule has 0 aliphatic rings. The second-order valence-electron chi connectivity index (χ2n) is 4.37. The number of benzene rings is 1. The van der Waals surface area contributed by atoms with Crippen LogP contribution in [-0.2, 0) is 14.8 Å². The lowest BCUT2D eigenvalue weighted by atomic mass is 10.1. The first kappa shape index (κ1) is 16.8. The molecule has 0 N–H and O–H groups in total. The maximum absolute atomic E-state index is 6.38. The first-order valence-electron chi connectivity index (χ1n) is 6.23. The highest BCUT2D eigenvalue weighted by Crippen LogP contribution is 2.32. The summed E-state index contributed by atoms with van der Waals surface area (Å²) in [4.78, 5) is 2.24. The third kappa shape index (κ3) is 4.63. The highest BCUT2D eigenvalue weighted by atomic mass is 79.9. The summed E-state index contributed by atoms with van der Waals surface area (Å²) in [6, 6.07) is 6.20. The molecule has 0 aromatic heterocycles. The normalized spacial score (nSPS) is 12.5. The average molecular weight is 351 g/mol. The molecule has 0 fully saturated rings. The van der Waals surface area contributed by atoms with E-state index < -0.39 is 0 Å². The molecule has 0 radical (unpaired) electrons. The van der Waals surface area contributed by atoms with Gasteiger partial charge < -0.3 is 14.4 Å². The Morgan fingerprint density at radius 2 is 2.05 bits per heavy atom. The summed E-state index contributed by atoms with van der Waals surface area (Å²) in [5.74, 6) is 0. The summed E-state index contributed by atoms with van der Waals surface area (Å²) in [6.07, 6.45) is 0. The van der Waals surface area contributed by atoms with Crippen molar-refractivity contribution in [2.45, 2.75) is 18.3 Å². The fourth-order valence-corrected chi connectivity index (χ4v) is 2.82.